The molecule has 142 valence electrons. The molecule has 0 spiro atoms. The largest absolute Gasteiger partial charge is 0.352 e. The van der Waals surface area contributed by atoms with Crippen LogP contribution in [0.3, 0.4) is 0 Å². The highest BCUT2D eigenvalue weighted by molar-refractivity contribution is 5.97. The molecule has 27 heavy (non-hydrogen) atoms. The first kappa shape index (κ1) is 18.6. The van der Waals surface area contributed by atoms with E-state index in [-0.39, 0.29) is 18.0 Å². The molecule has 8 heteroatoms. The molecule has 2 aromatic rings. The minimum Gasteiger partial charge on any atom is -0.352 e. The van der Waals surface area contributed by atoms with E-state index in [1.807, 2.05) is 18.7 Å². The number of carbonyl (C=O) groups is 2. The van der Waals surface area contributed by atoms with E-state index >= 15 is 0 Å². The summed E-state index contributed by atoms with van der Waals surface area (Å²) in [6, 6.07) is 6.77. The van der Waals surface area contributed by atoms with Crippen LogP contribution in [0.2, 0.25) is 0 Å². The van der Waals surface area contributed by atoms with Gasteiger partial charge in [-0.3, -0.25) is 9.78 Å². The monoisotopic (exact) mass is 368 g/mol. The summed E-state index contributed by atoms with van der Waals surface area (Å²) in [5.41, 5.74) is 1.16. The van der Waals surface area contributed by atoms with Gasteiger partial charge in [0.05, 0.1) is 6.20 Å². The summed E-state index contributed by atoms with van der Waals surface area (Å²) >= 11 is 0. The van der Waals surface area contributed by atoms with Crippen LogP contribution < -0.4 is 15.5 Å². The molecule has 1 fully saturated rings. The molecule has 3 amide bonds. The Balaban J connectivity index is 1.60. The Labute approximate surface area is 158 Å². The van der Waals surface area contributed by atoms with E-state index in [0.717, 1.165) is 5.82 Å². The zero-order valence-electron chi connectivity index (χ0n) is 15.6. The predicted octanol–water partition coefficient (Wildman–Crippen LogP) is 1.97. The third-order valence-electron chi connectivity index (χ3n) is 4.23. The third-order valence-corrected chi connectivity index (χ3v) is 4.23. The molecule has 3 rings (SSSR count). The van der Waals surface area contributed by atoms with Crippen molar-refractivity contribution in [2.45, 2.75) is 19.9 Å². The van der Waals surface area contributed by atoms with E-state index in [1.165, 1.54) is 0 Å². The van der Waals surface area contributed by atoms with Crippen molar-refractivity contribution in [1.29, 1.82) is 0 Å². The number of aromatic nitrogens is 2. The molecule has 0 saturated carbocycles. The number of rotatable bonds is 4. The number of nitrogens with zero attached hydrogens (tertiary/aromatic N) is 4. The molecule has 0 unspecified atom stereocenters. The lowest BCUT2D eigenvalue weighted by molar-refractivity contribution is 0.0746. The second-order valence-electron chi connectivity index (χ2n) is 6.68. The maximum absolute atomic E-state index is 12.8. The van der Waals surface area contributed by atoms with Gasteiger partial charge in [-0.05, 0) is 32.0 Å². The quantitative estimate of drug-likeness (QED) is 0.861. The smallest absolute Gasteiger partial charge is 0.319 e. The summed E-state index contributed by atoms with van der Waals surface area (Å²) < 4.78 is 0. The summed E-state index contributed by atoms with van der Waals surface area (Å²) in [6.07, 6.45) is 5.04. The standard InChI is InChI=1S/C19H24N6O2/c1-14(2)22-19(27)23-16-5-3-4-15(12-16)18(26)25-10-8-24(9-11-25)17-13-20-6-7-21-17/h3-7,12-14H,8-11H2,1-2H3,(H2,22,23,27). The molecule has 1 aromatic carbocycles. The minimum absolute atomic E-state index is 0.0401. The lowest BCUT2D eigenvalue weighted by Crippen LogP contribution is -2.49. The molecular formula is C19H24N6O2. The van der Waals surface area contributed by atoms with Crippen LogP contribution >= 0.6 is 0 Å². The minimum atomic E-state index is -0.285. The van der Waals surface area contributed by atoms with Gasteiger partial charge in [0.2, 0.25) is 0 Å². The average Bonchev–Trinajstić information content (AvgIpc) is 2.68. The van der Waals surface area contributed by atoms with Crippen LogP contribution in [0, 0.1) is 0 Å². The first-order chi connectivity index (χ1) is 13.0. The highest BCUT2D eigenvalue weighted by Gasteiger charge is 2.23. The van der Waals surface area contributed by atoms with Gasteiger partial charge < -0.3 is 20.4 Å². The second-order valence-corrected chi connectivity index (χ2v) is 6.68. The summed E-state index contributed by atoms with van der Waals surface area (Å²) in [7, 11) is 0. The molecule has 2 N–H and O–H groups in total. The van der Waals surface area contributed by atoms with Crippen molar-refractivity contribution in [3.05, 3.63) is 48.4 Å². The van der Waals surface area contributed by atoms with E-state index in [4.69, 9.17) is 0 Å². The zero-order chi connectivity index (χ0) is 19.2. The van der Waals surface area contributed by atoms with Gasteiger partial charge in [0.1, 0.15) is 5.82 Å². The van der Waals surface area contributed by atoms with E-state index in [0.29, 0.717) is 37.4 Å². The highest BCUT2D eigenvalue weighted by atomic mass is 16.2. The van der Waals surface area contributed by atoms with Crippen molar-refractivity contribution in [3.8, 4) is 0 Å². The molecule has 1 saturated heterocycles. The average molecular weight is 368 g/mol. The fourth-order valence-electron chi connectivity index (χ4n) is 2.94. The van der Waals surface area contributed by atoms with Crippen LogP contribution in [0.25, 0.3) is 0 Å². The SMILES string of the molecule is CC(C)NC(=O)Nc1cccc(C(=O)N2CCN(c3cnccn3)CC2)c1. The Morgan fingerprint density at radius 1 is 1.11 bits per heavy atom. The van der Waals surface area contributed by atoms with Crippen molar-refractivity contribution >= 4 is 23.4 Å². The van der Waals surface area contributed by atoms with Crippen molar-refractivity contribution in [3.63, 3.8) is 0 Å². The molecule has 0 bridgehead atoms. The number of piperazine rings is 1. The maximum Gasteiger partial charge on any atom is 0.319 e. The molecule has 8 nitrogen and oxygen atoms in total. The number of hydrogen-bond donors (Lipinski definition) is 2. The van der Waals surface area contributed by atoms with Crippen LogP contribution in [0.15, 0.2) is 42.9 Å². The highest BCUT2D eigenvalue weighted by Crippen LogP contribution is 2.16. The topological polar surface area (TPSA) is 90.5 Å². The third kappa shape index (κ3) is 4.93. The molecule has 0 radical (unpaired) electrons. The fourth-order valence-corrected chi connectivity index (χ4v) is 2.94. The van der Waals surface area contributed by atoms with E-state index in [2.05, 4.69) is 25.5 Å². The number of anilines is 2. The van der Waals surface area contributed by atoms with Gasteiger partial charge in [-0.1, -0.05) is 6.07 Å². The summed E-state index contributed by atoms with van der Waals surface area (Å²) in [5.74, 6) is 0.786. The van der Waals surface area contributed by atoms with Crippen molar-refractivity contribution in [2.24, 2.45) is 0 Å². The Morgan fingerprint density at radius 3 is 2.56 bits per heavy atom. The van der Waals surface area contributed by atoms with Crippen molar-refractivity contribution < 1.29 is 9.59 Å². The number of benzene rings is 1. The molecule has 1 aliphatic rings. The summed E-state index contributed by atoms with van der Waals surface area (Å²) in [4.78, 5) is 37.0. The van der Waals surface area contributed by atoms with E-state index in [9.17, 15) is 9.59 Å². The Morgan fingerprint density at radius 2 is 1.89 bits per heavy atom. The molecule has 0 atom stereocenters. The Kier molecular flexibility index (Phi) is 5.85. The van der Waals surface area contributed by atoms with Gasteiger partial charge >= 0.3 is 6.03 Å². The van der Waals surface area contributed by atoms with Gasteiger partial charge in [-0.15, -0.1) is 0 Å². The predicted molar refractivity (Wildman–Crippen MR) is 104 cm³/mol. The molecule has 1 aromatic heterocycles. The van der Waals surface area contributed by atoms with Crippen molar-refractivity contribution in [1.82, 2.24) is 20.2 Å². The van der Waals surface area contributed by atoms with E-state index in [1.54, 1.807) is 42.9 Å². The number of urea groups is 1. The summed E-state index contributed by atoms with van der Waals surface area (Å²) in [6.45, 7) is 6.42. The lowest BCUT2D eigenvalue weighted by Gasteiger charge is -2.35. The number of nitrogens with one attached hydrogen (secondary N) is 2. The van der Waals surface area contributed by atoms with Gasteiger partial charge in [0.25, 0.3) is 5.91 Å². The molecule has 2 heterocycles. The van der Waals surface area contributed by atoms with Crippen LogP contribution in [-0.4, -0.2) is 59.0 Å². The Bertz CT molecular complexity index is 788. The number of hydrogen-bond acceptors (Lipinski definition) is 5. The Hall–Kier alpha value is -3.16. The van der Waals surface area contributed by atoms with Gasteiger partial charge in [0, 0.05) is 55.9 Å². The lowest BCUT2D eigenvalue weighted by atomic mass is 10.1. The second kappa shape index (κ2) is 8.48. The van der Waals surface area contributed by atoms with Crippen LogP contribution in [0.1, 0.15) is 24.2 Å². The zero-order valence-corrected chi connectivity index (χ0v) is 15.6. The van der Waals surface area contributed by atoms with Crippen LogP contribution in [-0.2, 0) is 0 Å². The van der Waals surface area contributed by atoms with Gasteiger partial charge in [0.15, 0.2) is 0 Å². The van der Waals surface area contributed by atoms with E-state index < -0.39 is 0 Å². The van der Waals surface area contributed by atoms with Gasteiger partial charge in [-0.2, -0.15) is 0 Å². The fraction of sp³-hybridized carbons (Fsp3) is 0.368. The van der Waals surface area contributed by atoms with Gasteiger partial charge in [-0.25, -0.2) is 9.78 Å². The number of carbonyl (C=O) groups excluding carboxylic acids is 2. The first-order valence-corrected chi connectivity index (χ1v) is 9.01. The summed E-state index contributed by atoms with van der Waals surface area (Å²) in [5, 5.41) is 5.52. The number of amides is 3. The van der Waals surface area contributed by atoms with Crippen LogP contribution in [0.5, 0.6) is 0 Å². The molecule has 1 aliphatic heterocycles. The molecular weight excluding hydrogens is 344 g/mol. The molecule has 0 aliphatic carbocycles. The van der Waals surface area contributed by atoms with Crippen molar-refractivity contribution in [2.75, 3.05) is 36.4 Å². The van der Waals surface area contributed by atoms with Crippen LogP contribution in [0.4, 0.5) is 16.3 Å². The maximum atomic E-state index is 12.8. The first-order valence-electron chi connectivity index (χ1n) is 9.01. The normalized spacial score (nSPS) is 14.2.